The topological polar surface area (TPSA) is 99.7 Å². The van der Waals surface area contributed by atoms with E-state index in [1.807, 2.05) is 0 Å². The maximum atomic E-state index is 12.9. The molecule has 1 aliphatic rings. The molecule has 0 bridgehead atoms. The van der Waals surface area contributed by atoms with Gasteiger partial charge in [-0.3, -0.25) is 9.79 Å². The van der Waals surface area contributed by atoms with Crippen molar-refractivity contribution in [3.05, 3.63) is 35.6 Å². The first-order valence-electron chi connectivity index (χ1n) is 8.07. The fourth-order valence-corrected chi connectivity index (χ4v) is 4.19. The molecule has 1 fully saturated rings. The molecule has 0 radical (unpaired) electrons. The number of hydrogen-bond acceptors (Lipinski definition) is 4. The average molecular weight is 370 g/mol. The van der Waals surface area contributed by atoms with Gasteiger partial charge >= 0.3 is 0 Å². The Morgan fingerprint density at radius 3 is 2.60 bits per heavy atom. The molecule has 1 aliphatic heterocycles. The zero-order valence-electron chi connectivity index (χ0n) is 14.1. The molecule has 3 N–H and O–H groups in total. The van der Waals surface area contributed by atoms with Crippen LogP contribution in [0.2, 0.25) is 0 Å². The van der Waals surface area contributed by atoms with Crippen molar-refractivity contribution in [1.82, 2.24) is 16.0 Å². The Bertz CT molecular complexity index is 719. The second-order valence-electron chi connectivity index (χ2n) is 5.90. The predicted molar refractivity (Wildman–Crippen MR) is 94.4 cm³/mol. The minimum Gasteiger partial charge on any atom is -0.356 e. The standard InChI is InChI=1S/C16H23FN4O3S/c1-18-16(20-10-12-2-4-13(17)5-3-12)19-8-6-15(22)21-14-7-9-25(23,24)11-14/h2-5,14H,6-11H2,1H3,(H,21,22)(H2,18,19,20). The van der Waals surface area contributed by atoms with Gasteiger partial charge in [-0.25, -0.2) is 12.8 Å². The Kier molecular flexibility index (Phi) is 6.74. The molecule has 1 heterocycles. The Morgan fingerprint density at radius 1 is 1.28 bits per heavy atom. The molecule has 0 spiro atoms. The number of rotatable bonds is 6. The Morgan fingerprint density at radius 2 is 2.00 bits per heavy atom. The molecule has 1 unspecified atom stereocenters. The number of halogens is 1. The van der Waals surface area contributed by atoms with Crippen molar-refractivity contribution in [3.8, 4) is 0 Å². The number of carbonyl (C=O) groups is 1. The lowest BCUT2D eigenvalue weighted by Gasteiger charge is -2.13. The highest BCUT2D eigenvalue weighted by Gasteiger charge is 2.28. The Hall–Kier alpha value is -2.16. The third kappa shape index (κ3) is 6.69. The number of amides is 1. The third-order valence-corrected chi connectivity index (χ3v) is 5.61. The summed E-state index contributed by atoms with van der Waals surface area (Å²) in [5.41, 5.74) is 0.907. The van der Waals surface area contributed by atoms with Crippen LogP contribution in [0.1, 0.15) is 18.4 Å². The summed E-state index contributed by atoms with van der Waals surface area (Å²) in [5.74, 6) is 0.208. The van der Waals surface area contributed by atoms with E-state index in [1.54, 1.807) is 19.2 Å². The second-order valence-corrected chi connectivity index (χ2v) is 8.13. The fourth-order valence-electron chi connectivity index (χ4n) is 2.51. The van der Waals surface area contributed by atoms with Crippen molar-refractivity contribution in [1.29, 1.82) is 0 Å². The predicted octanol–water partition coefficient (Wildman–Crippen LogP) is 0.184. The van der Waals surface area contributed by atoms with E-state index in [4.69, 9.17) is 0 Å². The first-order chi connectivity index (χ1) is 11.9. The lowest BCUT2D eigenvalue weighted by molar-refractivity contribution is -0.121. The summed E-state index contributed by atoms with van der Waals surface area (Å²) in [6.45, 7) is 0.848. The number of hydrogen-bond donors (Lipinski definition) is 3. The highest BCUT2D eigenvalue weighted by atomic mass is 32.2. The first-order valence-corrected chi connectivity index (χ1v) is 9.89. The van der Waals surface area contributed by atoms with Crippen molar-refractivity contribution < 1.29 is 17.6 Å². The molecule has 1 amide bonds. The monoisotopic (exact) mass is 370 g/mol. The van der Waals surface area contributed by atoms with E-state index >= 15 is 0 Å². The number of nitrogens with zero attached hydrogens (tertiary/aromatic N) is 1. The summed E-state index contributed by atoms with van der Waals surface area (Å²) in [7, 11) is -1.38. The zero-order valence-corrected chi connectivity index (χ0v) is 14.9. The molecular formula is C16H23FN4O3S. The van der Waals surface area contributed by atoms with Crippen LogP contribution in [0.25, 0.3) is 0 Å². The van der Waals surface area contributed by atoms with E-state index in [1.165, 1.54) is 12.1 Å². The molecule has 9 heteroatoms. The van der Waals surface area contributed by atoms with Crippen LogP contribution >= 0.6 is 0 Å². The smallest absolute Gasteiger partial charge is 0.222 e. The van der Waals surface area contributed by atoms with Crippen LogP contribution in [0, 0.1) is 5.82 Å². The highest BCUT2D eigenvalue weighted by molar-refractivity contribution is 7.91. The zero-order chi connectivity index (χ0) is 18.3. The number of benzene rings is 1. The van der Waals surface area contributed by atoms with Gasteiger partial charge in [0.15, 0.2) is 15.8 Å². The molecule has 1 aromatic carbocycles. The maximum absolute atomic E-state index is 12.9. The van der Waals surface area contributed by atoms with Gasteiger partial charge < -0.3 is 16.0 Å². The minimum absolute atomic E-state index is 0.0209. The summed E-state index contributed by atoms with van der Waals surface area (Å²) in [6.07, 6.45) is 0.691. The molecular weight excluding hydrogens is 347 g/mol. The van der Waals surface area contributed by atoms with Crippen LogP contribution in [0.3, 0.4) is 0 Å². The van der Waals surface area contributed by atoms with E-state index < -0.39 is 9.84 Å². The average Bonchev–Trinajstić information content (AvgIpc) is 2.90. The summed E-state index contributed by atoms with van der Waals surface area (Å²) in [4.78, 5) is 15.9. The number of aliphatic imine (C=N–C) groups is 1. The molecule has 138 valence electrons. The van der Waals surface area contributed by atoms with Crippen molar-refractivity contribution >= 4 is 21.7 Å². The quantitative estimate of drug-likeness (QED) is 0.490. The van der Waals surface area contributed by atoms with Crippen LogP contribution in [0.5, 0.6) is 0 Å². The van der Waals surface area contributed by atoms with E-state index in [0.717, 1.165) is 5.56 Å². The molecule has 0 aliphatic carbocycles. The van der Waals surface area contributed by atoms with Gasteiger partial charge in [-0.15, -0.1) is 0 Å². The second kappa shape index (κ2) is 8.80. The normalized spacial score (nSPS) is 19.4. The molecule has 2 rings (SSSR count). The minimum atomic E-state index is -3.00. The summed E-state index contributed by atoms with van der Waals surface area (Å²) in [5, 5.41) is 8.81. The number of sulfone groups is 1. The molecule has 1 saturated heterocycles. The maximum Gasteiger partial charge on any atom is 0.222 e. The van der Waals surface area contributed by atoms with E-state index in [0.29, 0.717) is 25.5 Å². The van der Waals surface area contributed by atoms with Gasteiger partial charge in [-0.05, 0) is 24.1 Å². The lowest BCUT2D eigenvalue weighted by atomic mass is 10.2. The summed E-state index contributed by atoms with van der Waals surface area (Å²) < 4.78 is 35.6. The van der Waals surface area contributed by atoms with Gasteiger partial charge in [0.25, 0.3) is 0 Å². The first kappa shape index (κ1) is 19.2. The molecule has 25 heavy (non-hydrogen) atoms. The van der Waals surface area contributed by atoms with E-state index in [2.05, 4.69) is 20.9 Å². The van der Waals surface area contributed by atoms with Gasteiger partial charge in [0.2, 0.25) is 5.91 Å². The highest BCUT2D eigenvalue weighted by Crippen LogP contribution is 2.11. The van der Waals surface area contributed by atoms with Crippen LogP contribution in [0.15, 0.2) is 29.3 Å². The third-order valence-electron chi connectivity index (χ3n) is 3.84. The van der Waals surface area contributed by atoms with Crippen LogP contribution < -0.4 is 16.0 Å². The van der Waals surface area contributed by atoms with E-state index in [9.17, 15) is 17.6 Å². The molecule has 0 aromatic heterocycles. The van der Waals surface area contributed by atoms with Crippen molar-refractivity contribution in [3.63, 3.8) is 0 Å². The molecule has 1 aromatic rings. The lowest BCUT2D eigenvalue weighted by Crippen LogP contribution is -2.40. The molecule has 1 atom stereocenters. The van der Waals surface area contributed by atoms with Crippen LogP contribution in [0.4, 0.5) is 4.39 Å². The number of nitrogens with one attached hydrogen (secondary N) is 3. The van der Waals surface area contributed by atoms with Crippen molar-refractivity contribution in [2.75, 3.05) is 25.1 Å². The number of guanidine groups is 1. The largest absolute Gasteiger partial charge is 0.356 e. The number of carbonyl (C=O) groups excluding carboxylic acids is 1. The fraction of sp³-hybridized carbons (Fsp3) is 0.500. The van der Waals surface area contributed by atoms with Gasteiger partial charge in [-0.1, -0.05) is 12.1 Å². The van der Waals surface area contributed by atoms with Gasteiger partial charge in [0.05, 0.1) is 11.5 Å². The van der Waals surface area contributed by atoms with Gasteiger partial charge in [0, 0.05) is 32.6 Å². The summed E-state index contributed by atoms with van der Waals surface area (Å²) >= 11 is 0. The van der Waals surface area contributed by atoms with Crippen LogP contribution in [-0.4, -0.2) is 51.4 Å². The van der Waals surface area contributed by atoms with Gasteiger partial charge in [-0.2, -0.15) is 0 Å². The Balaban J connectivity index is 1.66. The molecule has 0 saturated carbocycles. The molecule has 7 nitrogen and oxygen atoms in total. The SMILES string of the molecule is CN=C(NCCC(=O)NC1CCS(=O)(=O)C1)NCc1ccc(F)cc1. The van der Waals surface area contributed by atoms with Crippen molar-refractivity contribution in [2.24, 2.45) is 4.99 Å². The van der Waals surface area contributed by atoms with Crippen molar-refractivity contribution in [2.45, 2.75) is 25.4 Å². The van der Waals surface area contributed by atoms with Crippen LogP contribution in [-0.2, 0) is 21.2 Å². The Labute approximate surface area is 147 Å². The van der Waals surface area contributed by atoms with Gasteiger partial charge in [0.1, 0.15) is 5.82 Å². The van der Waals surface area contributed by atoms with E-state index in [-0.39, 0.29) is 35.7 Å². The summed E-state index contributed by atoms with van der Waals surface area (Å²) in [6, 6.07) is 5.85.